The van der Waals surface area contributed by atoms with Gasteiger partial charge in [0.25, 0.3) is 0 Å². The first-order chi connectivity index (χ1) is 10.2. The quantitative estimate of drug-likeness (QED) is 0.819. The Balaban J connectivity index is 1.92. The van der Waals surface area contributed by atoms with Crippen LogP contribution < -0.4 is 11.1 Å². The Hall–Kier alpha value is -0.610. The van der Waals surface area contributed by atoms with Crippen LogP contribution in [0.4, 0.5) is 0 Å². The second-order valence-corrected chi connectivity index (χ2v) is 8.65. The van der Waals surface area contributed by atoms with E-state index in [-0.39, 0.29) is 23.3 Å². The number of rotatable bonds is 5. The van der Waals surface area contributed by atoms with Gasteiger partial charge in [0.1, 0.15) is 0 Å². The first-order valence-electron chi connectivity index (χ1n) is 8.91. The van der Waals surface area contributed by atoms with Crippen LogP contribution >= 0.6 is 0 Å². The molecule has 22 heavy (non-hydrogen) atoms. The van der Waals surface area contributed by atoms with Gasteiger partial charge in [-0.2, -0.15) is 0 Å². The average molecular weight is 309 g/mol. The molecule has 2 bridgehead atoms. The number of fused-ring (bicyclic) bond motifs is 2. The van der Waals surface area contributed by atoms with E-state index < -0.39 is 0 Å². The van der Waals surface area contributed by atoms with Crippen LogP contribution in [-0.4, -0.2) is 43.5 Å². The summed E-state index contributed by atoms with van der Waals surface area (Å²) in [6, 6.07) is 0.512. The van der Waals surface area contributed by atoms with Crippen LogP contribution in [-0.2, 0) is 4.79 Å². The maximum atomic E-state index is 12.7. The van der Waals surface area contributed by atoms with E-state index in [1.165, 1.54) is 19.3 Å². The van der Waals surface area contributed by atoms with E-state index in [1.54, 1.807) is 0 Å². The van der Waals surface area contributed by atoms with Gasteiger partial charge in [-0.05, 0) is 64.0 Å². The Bertz CT molecular complexity index is 380. The molecule has 0 spiro atoms. The first-order valence-corrected chi connectivity index (χ1v) is 8.91. The van der Waals surface area contributed by atoms with Crippen LogP contribution in [0.15, 0.2) is 0 Å². The molecule has 2 rings (SSSR count). The Morgan fingerprint density at radius 1 is 1.27 bits per heavy atom. The minimum atomic E-state index is 0.0695. The lowest BCUT2D eigenvalue weighted by molar-refractivity contribution is -0.129. The predicted molar refractivity (Wildman–Crippen MR) is 91.5 cm³/mol. The zero-order valence-corrected chi connectivity index (χ0v) is 15.1. The van der Waals surface area contributed by atoms with E-state index in [0.717, 1.165) is 19.4 Å². The Kier molecular flexibility index (Phi) is 5.54. The number of amides is 1. The molecule has 0 saturated heterocycles. The van der Waals surface area contributed by atoms with Crippen molar-refractivity contribution in [2.24, 2.45) is 28.9 Å². The highest BCUT2D eigenvalue weighted by Gasteiger charge is 2.41. The summed E-state index contributed by atoms with van der Waals surface area (Å²) in [6.45, 7) is 7.55. The van der Waals surface area contributed by atoms with Crippen molar-refractivity contribution >= 4 is 5.91 Å². The molecule has 128 valence electrons. The van der Waals surface area contributed by atoms with Crippen molar-refractivity contribution in [3.8, 4) is 0 Å². The number of carbonyl (C=O) groups excluding carboxylic acids is 1. The molecule has 3 atom stereocenters. The van der Waals surface area contributed by atoms with Gasteiger partial charge in [-0.15, -0.1) is 0 Å². The Morgan fingerprint density at radius 3 is 2.32 bits per heavy atom. The van der Waals surface area contributed by atoms with E-state index in [4.69, 9.17) is 5.73 Å². The second kappa shape index (κ2) is 6.88. The van der Waals surface area contributed by atoms with Crippen LogP contribution in [0.2, 0.25) is 0 Å². The maximum Gasteiger partial charge on any atom is 0.223 e. The van der Waals surface area contributed by atoms with Gasteiger partial charge in [-0.1, -0.05) is 20.3 Å². The van der Waals surface area contributed by atoms with Crippen LogP contribution in [0.5, 0.6) is 0 Å². The molecule has 3 unspecified atom stereocenters. The molecule has 2 saturated carbocycles. The molecule has 1 amide bonds. The standard InChI is InChI=1S/C18H35N3O/c1-12(18(2,3)11-21(4)5)20-17(22)15-9-13-7-6-8-14(10-15)16(13)19/h12-16H,6-11,19H2,1-5H3,(H,20,22). The molecule has 2 aliphatic rings. The van der Waals surface area contributed by atoms with Crippen LogP contribution in [0.3, 0.4) is 0 Å². The van der Waals surface area contributed by atoms with Gasteiger partial charge >= 0.3 is 0 Å². The second-order valence-electron chi connectivity index (χ2n) is 8.65. The summed E-state index contributed by atoms with van der Waals surface area (Å²) in [5.74, 6) is 1.55. The topological polar surface area (TPSA) is 58.4 Å². The van der Waals surface area contributed by atoms with E-state index in [1.807, 2.05) is 0 Å². The Morgan fingerprint density at radius 2 is 1.82 bits per heavy atom. The van der Waals surface area contributed by atoms with E-state index >= 15 is 0 Å². The van der Waals surface area contributed by atoms with Crippen molar-refractivity contribution in [2.45, 2.75) is 65.0 Å². The maximum absolute atomic E-state index is 12.7. The number of carbonyl (C=O) groups is 1. The zero-order valence-electron chi connectivity index (χ0n) is 15.1. The number of nitrogens with two attached hydrogens (primary N) is 1. The van der Waals surface area contributed by atoms with Gasteiger partial charge in [-0.3, -0.25) is 4.79 Å². The van der Waals surface area contributed by atoms with Crippen molar-refractivity contribution in [1.82, 2.24) is 10.2 Å². The minimum Gasteiger partial charge on any atom is -0.353 e. The average Bonchev–Trinajstić information content (AvgIpc) is 2.36. The molecule has 0 aromatic heterocycles. The third-order valence-electron chi connectivity index (χ3n) is 6.04. The highest BCUT2D eigenvalue weighted by molar-refractivity contribution is 5.79. The number of hydrogen-bond donors (Lipinski definition) is 2. The molecule has 3 N–H and O–H groups in total. The molecule has 4 heteroatoms. The zero-order chi connectivity index (χ0) is 16.5. The van der Waals surface area contributed by atoms with Crippen molar-refractivity contribution in [2.75, 3.05) is 20.6 Å². The van der Waals surface area contributed by atoms with Gasteiger partial charge in [-0.25, -0.2) is 0 Å². The molecule has 0 aliphatic heterocycles. The predicted octanol–water partition coefficient (Wildman–Crippen LogP) is 2.23. The first kappa shape index (κ1) is 17.7. The van der Waals surface area contributed by atoms with Gasteiger partial charge < -0.3 is 16.0 Å². The lowest BCUT2D eigenvalue weighted by Gasteiger charge is -2.44. The van der Waals surface area contributed by atoms with Crippen molar-refractivity contribution in [3.05, 3.63) is 0 Å². The molecular weight excluding hydrogens is 274 g/mol. The minimum absolute atomic E-state index is 0.0695. The SMILES string of the molecule is CC(NC(=O)C1CC2CCCC(C1)C2N)C(C)(C)CN(C)C. The van der Waals surface area contributed by atoms with Crippen molar-refractivity contribution in [1.29, 1.82) is 0 Å². The molecular formula is C18H35N3O. The summed E-state index contributed by atoms with van der Waals surface area (Å²) < 4.78 is 0. The molecule has 2 aliphatic carbocycles. The van der Waals surface area contributed by atoms with Crippen LogP contribution in [0, 0.1) is 23.2 Å². The van der Waals surface area contributed by atoms with Crippen molar-refractivity contribution < 1.29 is 4.79 Å². The van der Waals surface area contributed by atoms with Crippen LogP contribution in [0.25, 0.3) is 0 Å². The van der Waals surface area contributed by atoms with Gasteiger partial charge in [0, 0.05) is 24.5 Å². The molecule has 0 aromatic carbocycles. The number of nitrogens with zero attached hydrogens (tertiary/aromatic N) is 1. The molecule has 0 heterocycles. The fourth-order valence-electron chi connectivity index (χ4n) is 4.48. The molecule has 2 fully saturated rings. The third-order valence-corrected chi connectivity index (χ3v) is 6.04. The van der Waals surface area contributed by atoms with E-state index in [9.17, 15) is 4.79 Å². The number of nitrogens with one attached hydrogen (secondary N) is 1. The van der Waals surface area contributed by atoms with Crippen molar-refractivity contribution in [3.63, 3.8) is 0 Å². The van der Waals surface area contributed by atoms with Gasteiger partial charge in [0.15, 0.2) is 0 Å². The summed E-state index contributed by atoms with van der Waals surface area (Å²) in [5.41, 5.74) is 6.40. The fourth-order valence-corrected chi connectivity index (χ4v) is 4.48. The summed E-state index contributed by atoms with van der Waals surface area (Å²) in [5, 5.41) is 3.29. The molecule has 4 nitrogen and oxygen atoms in total. The summed E-state index contributed by atoms with van der Waals surface area (Å²) >= 11 is 0. The summed E-state index contributed by atoms with van der Waals surface area (Å²) in [4.78, 5) is 14.9. The normalized spacial score (nSPS) is 33.6. The lowest BCUT2D eigenvalue weighted by Crippen LogP contribution is -2.52. The Labute approximate surface area is 136 Å². The smallest absolute Gasteiger partial charge is 0.223 e. The van der Waals surface area contributed by atoms with Gasteiger partial charge in [0.05, 0.1) is 0 Å². The molecule has 0 radical (unpaired) electrons. The largest absolute Gasteiger partial charge is 0.353 e. The van der Waals surface area contributed by atoms with E-state index in [0.29, 0.717) is 17.9 Å². The summed E-state index contributed by atoms with van der Waals surface area (Å²) in [6.07, 6.45) is 5.70. The summed E-state index contributed by atoms with van der Waals surface area (Å²) in [7, 11) is 4.17. The molecule has 0 aromatic rings. The van der Waals surface area contributed by atoms with E-state index in [2.05, 4.69) is 45.1 Å². The van der Waals surface area contributed by atoms with Gasteiger partial charge in [0.2, 0.25) is 5.91 Å². The highest BCUT2D eigenvalue weighted by atomic mass is 16.1. The monoisotopic (exact) mass is 309 g/mol. The fraction of sp³-hybridized carbons (Fsp3) is 0.944. The highest BCUT2D eigenvalue weighted by Crippen LogP contribution is 2.42. The third kappa shape index (κ3) is 4.02. The lowest BCUT2D eigenvalue weighted by atomic mass is 9.65. The van der Waals surface area contributed by atoms with Crippen LogP contribution in [0.1, 0.15) is 52.9 Å². The number of hydrogen-bond acceptors (Lipinski definition) is 3.